The molecule has 186 valence electrons. The molecule has 2 amide bonds. The summed E-state index contributed by atoms with van der Waals surface area (Å²) in [4.78, 5) is 29.4. The van der Waals surface area contributed by atoms with E-state index in [1.165, 1.54) is 30.6 Å². The molecule has 1 aliphatic heterocycles. The summed E-state index contributed by atoms with van der Waals surface area (Å²) in [5, 5.41) is 12.6. The molecule has 0 radical (unpaired) electrons. The molecule has 3 heterocycles. The zero-order chi connectivity index (χ0) is 25.3. The molecule has 1 aliphatic rings. The second-order valence-electron chi connectivity index (χ2n) is 8.02. The topological polar surface area (TPSA) is 131 Å². The number of likely N-dealkylation sites (tertiary alicyclic amines) is 1. The number of ether oxygens (including phenoxy) is 1. The van der Waals surface area contributed by atoms with Crippen molar-refractivity contribution in [1.29, 1.82) is 0 Å². The standard InChI is InChI=1S/C22H22F2N4O6S/c1-13(26-20(29)19-10-15(34-21(23)24)12-27(19)22(30)31)18-9-14-11-25-8-7-17(14)28(18)35(32,33)16-5-3-2-4-6-16/h2-9,11,13,15,19,21H,10,12H2,1H3,(H,26,29)(H,30,31)/t13-,15-,19+/m1/s1. The molecule has 0 bridgehead atoms. The largest absolute Gasteiger partial charge is 0.465 e. The SMILES string of the molecule is C[C@@H](NC(=O)[C@@H]1C[C@@H](OC(F)F)CN1C(=O)O)c1cc2cnccc2n1S(=O)(=O)c1ccccc1. The zero-order valence-corrected chi connectivity index (χ0v) is 19.2. The number of hydrogen-bond acceptors (Lipinski definition) is 6. The molecule has 35 heavy (non-hydrogen) atoms. The van der Waals surface area contributed by atoms with Crippen molar-refractivity contribution in [2.24, 2.45) is 0 Å². The van der Waals surface area contributed by atoms with E-state index in [9.17, 15) is 31.9 Å². The minimum atomic E-state index is -4.07. The molecule has 13 heteroatoms. The summed E-state index contributed by atoms with van der Waals surface area (Å²) in [5.74, 6) is -0.757. The second kappa shape index (κ2) is 9.58. The number of pyridine rings is 1. The molecule has 2 aromatic heterocycles. The first-order chi connectivity index (χ1) is 16.6. The van der Waals surface area contributed by atoms with E-state index in [1.807, 2.05) is 0 Å². The highest BCUT2D eigenvalue weighted by atomic mass is 32.2. The number of carbonyl (C=O) groups is 2. The molecule has 0 spiro atoms. The number of carboxylic acid groups (broad SMARTS) is 1. The van der Waals surface area contributed by atoms with Gasteiger partial charge in [-0.15, -0.1) is 0 Å². The van der Waals surface area contributed by atoms with Gasteiger partial charge in [0.25, 0.3) is 10.0 Å². The quantitative estimate of drug-likeness (QED) is 0.502. The number of alkyl halides is 2. The lowest BCUT2D eigenvalue weighted by Crippen LogP contribution is -2.46. The van der Waals surface area contributed by atoms with E-state index in [4.69, 9.17) is 0 Å². The number of aromatic nitrogens is 2. The van der Waals surface area contributed by atoms with Gasteiger partial charge in [0, 0.05) is 24.2 Å². The second-order valence-corrected chi connectivity index (χ2v) is 9.81. The Morgan fingerprint density at radius 2 is 1.94 bits per heavy atom. The molecule has 0 saturated carbocycles. The summed E-state index contributed by atoms with van der Waals surface area (Å²) in [5.41, 5.74) is 0.559. The van der Waals surface area contributed by atoms with Crippen molar-refractivity contribution in [3.63, 3.8) is 0 Å². The van der Waals surface area contributed by atoms with Crippen LogP contribution in [-0.2, 0) is 19.6 Å². The molecule has 0 aliphatic carbocycles. The smallest absolute Gasteiger partial charge is 0.408 e. The number of fused-ring (bicyclic) bond motifs is 1. The summed E-state index contributed by atoms with van der Waals surface area (Å²) >= 11 is 0. The molecular weight excluding hydrogens is 486 g/mol. The van der Waals surface area contributed by atoms with Crippen molar-refractivity contribution in [2.75, 3.05) is 6.54 Å². The van der Waals surface area contributed by atoms with Gasteiger partial charge in [-0.3, -0.25) is 14.7 Å². The Bertz CT molecular complexity index is 1350. The predicted octanol–water partition coefficient (Wildman–Crippen LogP) is 2.81. The Hall–Kier alpha value is -3.58. The van der Waals surface area contributed by atoms with Gasteiger partial charge in [0.15, 0.2) is 0 Å². The van der Waals surface area contributed by atoms with Crippen molar-refractivity contribution >= 4 is 32.9 Å². The average Bonchev–Trinajstić information content (AvgIpc) is 3.41. The number of halogens is 2. The summed E-state index contributed by atoms with van der Waals surface area (Å²) < 4.78 is 57.8. The van der Waals surface area contributed by atoms with Gasteiger partial charge in [-0.2, -0.15) is 8.78 Å². The maximum atomic E-state index is 13.5. The van der Waals surface area contributed by atoms with Gasteiger partial charge in [0.2, 0.25) is 5.91 Å². The van der Waals surface area contributed by atoms with Crippen LogP contribution in [0.4, 0.5) is 13.6 Å². The van der Waals surface area contributed by atoms with E-state index < -0.39 is 46.8 Å². The fraction of sp³-hybridized carbons (Fsp3) is 0.318. The van der Waals surface area contributed by atoms with Crippen LogP contribution in [0.3, 0.4) is 0 Å². The number of benzene rings is 1. The molecule has 1 saturated heterocycles. The summed E-state index contributed by atoms with van der Waals surface area (Å²) in [6.07, 6.45) is 0.0707. The lowest BCUT2D eigenvalue weighted by molar-refractivity contribution is -0.158. The molecular formula is C22H22F2N4O6S. The number of amides is 2. The van der Waals surface area contributed by atoms with Crippen molar-refractivity contribution < 1.29 is 36.6 Å². The Morgan fingerprint density at radius 3 is 2.60 bits per heavy atom. The first-order valence-corrected chi connectivity index (χ1v) is 12.0. The van der Waals surface area contributed by atoms with Gasteiger partial charge in [0.1, 0.15) is 6.04 Å². The number of rotatable bonds is 7. The van der Waals surface area contributed by atoms with Crippen LogP contribution in [-0.4, -0.2) is 64.7 Å². The van der Waals surface area contributed by atoms with Crippen molar-refractivity contribution in [1.82, 2.24) is 19.2 Å². The Labute approximate surface area is 199 Å². The molecule has 2 N–H and O–H groups in total. The highest BCUT2D eigenvalue weighted by molar-refractivity contribution is 7.90. The summed E-state index contributed by atoms with van der Waals surface area (Å²) in [7, 11) is -4.07. The van der Waals surface area contributed by atoms with E-state index in [1.54, 1.807) is 31.2 Å². The third kappa shape index (κ3) is 4.82. The van der Waals surface area contributed by atoms with Crippen LogP contribution in [0.2, 0.25) is 0 Å². The molecule has 4 rings (SSSR count). The van der Waals surface area contributed by atoms with Gasteiger partial charge >= 0.3 is 12.7 Å². The number of carbonyl (C=O) groups excluding carboxylic acids is 1. The van der Waals surface area contributed by atoms with Crippen LogP contribution in [0, 0.1) is 0 Å². The van der Waals surface area contributed by atoms with Gasteiger partial charge in [-0.1, -0.05) is 18.2 Å². The van der Waals surface area contributed by atoms with E-state index in [-0.39, 0.29) is 23.6 Å². The number of hydrogen-bond donors (Lipinski definition) is 2. The lowest BCUT2D eigenvalue weighted by atomic mass is 10.1. The molecule has 0 unspecified atom stereocenters. The van der Waals surface area contributed by atoms with Gasteiger partial charge < -0.3 is 15.2 Å². The highest BCUT2D eigenvalue weighted by Gasteiger charge is 2.42. The van der Waals surface area contributed by atoms with E-state index in [2.05, 4.69) is 15.0 Å². The molecule has 1 fully saturated rings. The molecule has 3 atom stereocenters. The third-order valence-corrected chi connectivity index (χ3v) is 7.53. The third-order valence-electron chi connectivity index (χ3n) is 5.77. The van der Waals surface area contributed by atoms with Crippen molar-refractivity contribution in [3.8, 4) is 0 Å². The maximum Gasteiger partial charge on any atom is 0.408 e. The Morgan fingerprint density at radius 1 is 1.23 bits per heavy atom. The molecule has 10 nitrogen and oxygen atoms in total. The van der Waals surface area contributed by atoms with Crippen molar-refractivity contribution in [2.45, 2.75) is 43.0 Å². The normalized spacial score (nSPS) is 19.3. The summed E-state index contributed by atoms with van der Waals surface area (Å²) in [6.45, 7) is -1.95. The fourth-order valence-electron chi connectivity index (χ4n) is 4.20. The zero-order valence-electron chi connectivity index (χ0n) is 18.4. The van der Waals surface area contributed by atoms with E-state index in [0.29, 0.717) is 10.9 Å². The van der Waals surface area contributed by atoms with Crippen LogP contribution in [0.5, 0.6) is 0 Å². The number of nitrogens with one attached hydrogen (secondary N) is 1. The van der Waals surface area contributed by atoms with Gasteiger partial charge in [0.05, 0.1) is 34.8 Å². The van der Waals surface area contributed by atoms with Crippen LogP contribution >= 0.6 is 0 Å². The van der Waals surface area contributed by atoms with Gasteiger partial charge in [-0.05, 0) is 31.2 Å². The van der Waals surface area contributed by atoms with Crippen LogP contribution in [0.25, 0.3) is 10.9 Å². The minimum absolute atomic E-state index is 0.0360. The minimum Gasteiger partial charge on any atom is -0.465 e. The monoisotopic (exact) mass is 508 g/mol. The van der Waals surface area contributed by atoms with E-state index >= 15 is 0 Å². The van der Waals surface area contributed by atoms with Crippen LogP contribution in [0.1, 0.15) is 25.1 Å². The molecule has 1 aromatic carbocycles. The van der Waals surface area contributed by atoms with Crippen molar-refractivity contribution in [3.05, 3.63) is 60.6 Å². The summed E-state index contributed by atoms with van der Waals surface area (Å²) in [6, 6.07) is 8.68. The van der Waals surface area contributed by atoms with E-state index in [0.717, 1.165) is 8.87 Å². The van der Waals surface area contributed by atoms with Crippen LogP contribution < -0.4 is 5.32 Å². The maximum absolute atomic E-state index is 13.5. The first kappa shape index (κ1) is 24.5. The molecule has 3 aromatic rings. The van der Waals surface area contributed by atoms with Crippen LogP contribution in [0.15, 0.2) is 59.8 Å². The Kier molecular flexibility index (Phi) is 6.72. The average molecular weight is 509 g/mol. The lowest BCUT2D eigenvalue weighted by Gasteiger charge is -2.23. The first-order valence-electron chi connectivity index (χ1n) is 10.6. The Balaban J connectivity index is 1.67. The van der Waals surface area contributed by atoms with Gasteiger partial charge in [-0.25, -0.2) is 17.2 Å². The number of nitrogens with zero attached hydrogens (tertiary/aromatic N) is 3. The predicted molar refractivity (Wildman–Crippen MR) is 119 cm³/mol. The fourth-order valence-corrected chi connectivity index (χ4v) is 5.83. The highest BCUT2D eigenvalue weighted by Crippen LogP contribution is 2.30.